The van der Waals surface area contributed by atoms with Gasteiger partial charge in [-0.2, -0.15) is 0 Å². The van der Waals surface area contributed by atoms with Crippen LogP contribution in [0.15, 0.2) is 59.1 Å². The van der Waals surface area contributed by atoms with Crippen molar-refractivity contribution in [3.63, 3.8) is 0 Å². The lowest BCUT2D eigenvalue weighted by Gasteiger charge is -2.13. The van der Waals surface area contributed by atoms with E-state index < -0.39 is 0 Å². The zero-order valence-corrected chi connectivity index (χ0v) is 10.9. The van der Waals surface area contributed by atoms with Crippen LogP contribution in [0.5, 0.6) is 5.75 Å². The summed E-state index contributed by atoms with van der Waals surface area (Å²) in [4.78, 5) is 0. The second-order valence-corrected chi connectivity index (χ2v) is 4.70. The van der Waals surface area contributed by atoms with Crippen LogP contribution in [-0.2, 0) is 0 Å². The molecule has 0 saturated heterocycles. The molecule has 0 aromatic heterocycles. The molecule has 3 heteroatoms. The van der Waals surface area contributed by atoms with Crippen LogP contribution in [0.4, 0.5) is 0 Å². The molecule has 0 aliphatic heterocycles. The fourth-order valence-corrected chi connectivity index (χ4v) is 1.78. The van der Waals surface area contributed by atoms with Gasteiger partial charge in [-0.1, -0.05) is 46.3 Å². The number of nitrogens with two attached hydrogens (primary N) is 1. The van der Waals surface area contributed by atoms with E-state index in [1.54, 1.807) is 0 Å². The minimum Gasteiger partial charge on any atom is -0.492 e. The number of ether oxygens (including phenoxy) is 1. The van der Waals surface area contributed by atoms with Crippen LogP contribution in [0.3, 0.4) is 0 Å². The summed E-state index contributed by atoms with van der Waals surface area (Å²) in [5, 5.41) is 0. The van der Waals surface area contributed by atoms with Gasteiger partial charge in [0.05, 0.1) is 6.04 Å². The number of benzene rings is 2. The fraction of sp³-hybridized carbons (Fsp3) is 0.143. The van der Waals surface area contributed by atoms with Crippen LogP contribution < -0.4 is 10.5 Å². The lowest BCUT2D eigenvalue weighted by molar-refractivity contribution is 0.290. The van der Waals surface area contributed by atoms with Gasteiger partial charge in [0.1, 0.15) is 12.4 Å². The van der Waals surface area contributed by atoms with Gasteiger partial charge in [0, 0.05) is 4.47 Å². The number of hydrogen-bond acceptors (Lipinski definition) is 2. The molecule has 2 aromatic carbocycles. The average Bonchev–Trinajstić information content (AvgIpc) is 2.39. The molecule has 0 spiro atoms. The summed E-state index contributed by atoms with van der Waals surface area (Å²) in [5.41, 5.74) is 7.13. The first-order valence-electron chi connectivity index (χ1n) is 5.44. The highest BCUT2D eigenvalue weighted by atomic mass is 79.9. The quantitative estimate of drug-likeness (QED) is 0.935. The summed E-state index contributed by atoms with van der Waals surface area (Å²) in [6, 6.07) is 17.6. The third kappa shape index (κ3) is 3.58. The van der Waals surface area contributed by atoms with Crippen molar-refractivity contribution < 1.29 is 4.74 Å². The van der Waals surface area contributed by atoms with Crippen LogP contribution >= 0.6 is 15.9 Å². The first-order chi connectivity index (χ1) is 8.25. The molecule has 2 rings (SSSR count). The predicted octanol–water partition coefficient (Wildman–Crippen LogP) is 3.53. The molecule has 0 heterocycles. The molecule has 2 N–H and O–H groups in total. The highest BCUT2D eigenvalue weighted by Gasteiger charge is 2.05. The second-order valence-electron chi connectivity index (χ2n) is 3.78. The van der Waals surface area contributed by atoms with E-state index in [0.717, 1.165) is 15.8 Å². The van der Waals surface area contributed by atoms with Crippen molar-refractivity contribution in [1.29, 1.82) is 0 Å². The predicted molar refractivity (Wildman–Crippen MR) is 73.0 cm³/mol. The van der Waals surface area contributed by atoms with E-state index in [1.807, 2.05) is 54.6 Å². The third-order valence-corrected chi connectivity index (χ3v) is 3.00. The molecule has 0 bridgehead atoms. The van der Waals surface area contributed by atoms with E-state index in [1.165, 1.54) is 0 Å². The smallest absolute Gasteiger partial charge is 0.119 e. The van der Waals surface area contributed by atoms with Crippen molar-refractivity contribution in [3.05, 3.63) is 64.6 Å². The van der Waals surface area contributed by atoms with Crippen molar-refractivity contribution >= 4 is 15.9 Å². The Morgan fingerprint density at radius 2 is 1.65 bits per heavy atom. The van der Waals surface area contributed by atoms with Gasteiger partial charge in [0.15, 0.2) is 0 Å². The zero-order chi connectivity index (χ0) is 12.1. The summed E-state index contributed by atoms with van der Waals surface area (Å²) in [7, 11) is 0. The van der Waals surface area contributed by atoms with E-state index in [2.05, 4.69) is 15.9 Å². The molecule has 0 aliphatic rings. The Kier molecular flexibility index (Phi) is 4.18. The number of hydrogen-bond donors (Lipinski definition) is 1. The van der Waals surface area contributed by atoms with Crippen LogP contribution in [0.1, 0.15) is 11.6 Å². The minimum atomic E-state index is -0.0974. The zero-order valence-electron chi connectivity index (χ0n) is 9.34. The molecule has 0 fully saturated rings. The summed E-state index contributed by atoms with van der Waals surface area (Å²) >= 11 is 3.38. The molecule has 0 aliphatic carbocycles. The van der Waals surface area contributed by atoms with Crippen LogP contribution in [-0.4, -0.2) is 6.61 Å². The summed E-state index contributed by atoms with van der Waals surface area (Å²) < 4.78 is 6.67. The van der Waals surface area contributed by atoms with Gasteiger partial charge < -0.3 is 10.5 Å². The van der Waals surface area contributed by atoms with Crippen LogP contribution in [0, 0.1) is 0 Å². The topological polar surface area (TPSA) is 35.2 Å². The van der Waals surface area contributed by atoms with Gasteiger partial charge in [-0.15, -0.1) is 0 Å². The van der Waals surface area contributed by atoms with Crippen molar-refractivity contribution in [2.75, 3.05) is 6.61 Å². The van der Waals surface area contributed by atoms with E-state index in [9.17, 15) is 0 Å². The molecule has 2 nitrogen and oxygen atoms in total. The van der Waals surface area contributed by atoms with Gasteiger partial charge in [0.25, 0.3) is 0 Å². The van der Waals surface area contributed by atoms with Gasteiger partial charge in [0.2, 0.25) is 0 Å². The maximum Gasteiger partial charge on any atom is 0.119 e. The van der Waals surface area contributed by atoms with E-state index >= 15 is 0 Å². The van der Waals surface area contributed by atoms with Crippen molar-refractivity contribution in [2.45, 2.75) is 6.04 Å². The molecule has 1 unspecified atom stereocenters. The average molecular weight is 292 g/mol. The number of halogens is 1. The molecule has 0 amide bonds. The normalized spacial score (nSPS) is 12.1. The van der Waals surface area contributed by atoms with Gasteiger partial charge >= 0.3 is 0 Å². The van der Waals surface area contributed by atoms with Gasteiger partial charge in [-0.3, -0.25) is 0 Å². The van der Waals surface area contributed by atoms with E-state index in [-0.39, 0.29) is 6.04 Å². The molecule has 2 aromatic rings. The van der Waals surface area contributed by atoms with Crippen LogP contribution in [0.2, 0.25) is 0 Å². The lowest BCUT2D eigenvalue weighted by Crippen LogP contribution is -2.18. The monoisotopic (exact) mass is 291 g/mol. The Morgan fingerprint density at radius 3 is 2.29 bits per heavy atom. The SMILES string of the molecule is NC(COc1ccc(Br)cc1)c1ccccc1. The van der Waals surface area contributed by atoms with Gasteiger partial charge in [-0.05, 0) is 29.8 Å². The summed E-state index contributed by atoms with van der Waals surface area (Å²) in [6.45, 7) is 0.478. The Labute approximate surface area is 110 Å². The molecule has 0 saturated carbocycles. The standard InChI is InChI=1S/C14H14BrNO/c15-12-6-8-13(9-7-12)17-10-14(16)11-4-2-1-3-5-11/h1-9,14H,10,16H2. The Morgan fingerprint density at radius 1 is 1.00 bits per heavy atom. The van der Waals surface area contributed by atoms with Crippen molar-refractivity contribution in [2.24, 2.45) is 5.73 Å². The third-order valence-electron chi connectivity index (χ3n) is 2.47. The Bertz CT molecular complexity index is 455. The summed E-state index contributed by atoms with van der Waals surface area (Å²) in [6.07, 6.45) is 0. The van der Waals surface area contributed by atoms with E-state index in [4.69, 9.17) is 10.5 Å². The van der Waals surface area contributed by atoms with Crippen molar-refractivity contribution in [3.8, 4) is 5.75 Å². The first-order valence-corrected chi connectivity index (χ1v) is 6.24. The summed E-state index contributed by atoms with van der Waals surface area (Å²) in [5.74, 6) is 0.833. The fourth-order valence-electron chi connectivity index (χ4n) is 1.51. The second kappa shape index (κ2) is 5.84. The number of rotatable bonds is 4. The minimum absolute atomic E-state index is 0.0974. The van der Waals surface area contributed by atoms with Crippen molar-refractivity contribution in [1.82, 2.24) is 0 Å². The molecule has 17 heavy (non-hydrogen) atoms. The largest absolute Gasteiger partial charge is 0.492 e. The molecule has 0 radical (unpaired) electrons. The van der Waals surface area contributed by atoms with Gasteiger partial charge in [-0.25, -0.2) is 0 Å². The maximum absolute atomic E-state index is 6.04. The Balaban J connectivity index is 1.92. The molecule has 1 atom stereocenters. The molecular formula is C14H14BrNO. The first kappa shape index (κ1) is 12.1. The lowest BCUT2D eigenvalue weighted by atomic mass is 10.1. The molecular weight excluding hydrogens is 278 g/mol. The highest BCUT2D eigenvalue weighted by Crippen LogP contribution is 2.18. The van der Waals surface area contributed by atoms with Crippen LogP contribution in [0.25, 0.3) is 0 Å². The molecule has 88 valence electrons. The highest BCUT2D eigenvalue weighted by molar-refractivity contribution is 9.10. The van der Waals surface area contributed by atoms with E-state index in [0.29, 0.717) is 6.61 Å². The maximum atomic E-state index is 6.04. The Hall–Kier alpha value is -1.32.